The van der Waals surface area contributed by atoms with Gasteiger partial charge in [0.25, 0.3) is 5.91 Å². The fourth-order valence-corrected chi connectivity index (χ4v) is 2.54. The second-order valence-corrected chi connectivity index (χ2v) is 5.37. The molecule has 1 aliphatic heterocycles. The van der Waals surface area contributed by atoms with E-state index in [1.54, 1.807) is 0 Å². The van der Waals surface area contributed by atoms with Crippen LogP contribution < -0.4 is 10.6 Å². The number of hydrogen-bond acceptors (Lipinski definition) is 2. The zero-order valence-corrected chi connectivity index (χ0v) is 11.4. The summed E-state index contributed by atoms with van der Waals surface area (Å²) in [4.78, 5) is 12.2. The molecular formula is C15H22N2O. The molecule has 18 heavy (non-hydrogen) atoms. The van der Waals surface area contributed by atoms with E-state index in [-0.39, 0.29) is 11.9 Å². The van der Waals surface area contributed by atoms with Gasteiger partial charge in [-0.3, -0.25) is 4.79 Å². The topological polar surface area (TPSA) is 41.1 Å². The summed E-state index contributed by atoms with van der Waals surface area (Å²) in [6.07, 6.45) is 1.11. The zero-order chi connectivity index (χ0) is 13.1. The summed E-state index contributed by atoms with van der Waals surface area (Å²) in [7, 11) is 0. The molecule has 1 saturated heterocycles. The highest BCUT2D eigenvalue weighted by atomic mass is 16.1. The monoisotopic (exact) mass is 246 g/mol. The van der Waals surface area contributed by atoms with Gasteiger partial charge in [0.05, 0.1) is 0 Å². The molecule has 0 aliphatic carbocycles. The molecule has 1 heterocycles. The Morgan fingerprint density at radius 1 is 1.28 bits per heavy atom. The van der Waals surface area contributed by atoms with Gasteiger partial charge in [-0.05, 0) is 44.9 Å². The molecule has 3 atom stereocenters. The highest BCUT2D eigenvalue weighted by molar-refractivity contribution is 5.94. The normalized spacial score (nSPS) is 27.8. The lowest BCUT2D eigenvalue weighted by molar-refractivity contribution is 0.0897. The van der Waals surface area contributed by atoms with Crippen molar-refractivity contribution in [3.63, 3.8) is 0 Å². The number of nitrogens with one attached hydrogen (secondary N) is 2. The number of rotatable bonds is 2. The lowest BCUT2D eigenvalue weighted by Gasteiger charge is -2.36. The van der Waals surface area contributed by atoms with Crippen LogP contribution in [0, 0.1) is 12.8 Å². The minimum absolute atomic E-state index is 0.0300. The van der Waals surface area contributed by atoms with Gasteiger partial charge < -0.3 is 10.6 Å². The number of carbonyl (C=O) groups excluding carboxylic acids is 1. The van der Waals surface area contributed by atoms with Gasteiger partial charge in [-0.25, -0.2) is 0 Å². The highest BCUT2D eigenvalue weighted by Gasteiger charge is 2.28. The van der Waals surface area contributed by atoms with Crippen LogP contribution in [0.25, 0.3) is 0 Å². The Labute approximate surface area is 109 Å². The molecule has 3 nitrogen and oxygen atoms in total. The van der Waals surface area contributed by atoms with Gasteiger partial charge in [0.1, 0.15) is 0 Å². The predicted molar refractivity (Wildman–Crippen MR) is 73.7 cm³/mol. The van der Waals surface area contributed by atoms with Crippen molar-refractivity contribution < 1.29 is 4.79 Å². The fraction of sp³-hybridized carbons (Fsp3) is 0.533. The van der Waals surface area contributed by atoms with Gasteiger partial charge in [-0.15, -0.1) is 0 Å². The average molecular weight is 246 g/mol. The Balaban J connectivity index is 2.04. The summed E-state index contributed by atoms with van der Waals surface area (Å²) >= 11 is 0. The average Bonchev–Trinajstić information content (AvgIpc) is 2.34. The van der Waals surface area contributed by atoms with E-state index in [1.807, 2.05) is 31.2 Å². The molecule has 3 unspecified atom stereocenters. The Kier molecular flexibility index (Phi) is 4.02. The standard InChI is InChI=1S/C15H22N2O/c1-10-4-6-13(7-5-10)15(18)17-14-11(2)8-9-16-12(14)3/h4-7,11-12,14,16H,8-9H2,1-3H3,(H,17,18). The molecule has 1 fully saturated rings. The molecule has 98 valence electrons. The van der Waals surface area contributed by atoms with E-state index >= 15 is 0 Å². The van der Waals surface area contributed by atoms with Crippen LogP contribution in [0.3, 0.4) is 0 Å². The van der Waals surface area contributed by atoms with Crippen LogP contribution in [0.15, 0.2) is 24.3 Å². The van der Waals surface area contributed by atoms with E-state index in [0.29, 0.717) is 12.0 Å². The van der Waals surface area contributed by atoms with Gasteiger partial charge in [0.15, 0.2) is 0 Å². The van der Waals surface area contributed by atoms with Crippen molar-refractivity contribution in [1.29, 1.82) is 0 Å². The summed E-state index contributed by atoms with van der Waals surface area (Å²) < 4.78 is 0. The van der Waals surface area contributed by atoms with Gasteiger partial charge in [-0.1, -0.05) is 24.6 Å². The van der Waals surface area contributed by atoms with Crippen LogP contribution in [0.5, 0.6) is 0 Å². The minimum Gasteiger partial charge on any atom is -0.347 e. The smallest absolute Gasteiger partial charge is 0.251 e. The number of aryl methyl sites for hydroxylation is 1. The molecule has 1 amide bonds. The van der Waals surface area contributed by atoms with Crippen molar-refractivity contribution in [3.8, 4) is 0 Å². The first kappa shape index (κ1) is 13.1. The molecule has 0 aromatic heterocycles. The Hall–Kier alpha value is -1.35. The number of amides is 1. The van der Waals surface area contributed by atoms with E-state index < -0.39 is 0 Å². The van der Waals surface area contributed by atoms with Gasteiger partial charge in [-0.2, -0.15) is 0 Å². The van der Waals surface area contributed by atoms with Crippen molar-refractivity contribution in [2.75, 3.05) is 6.54 Å². The molecule has 2 N–H and O–H groups in total. The van der Waals surface area contributed by atoms with Gasteiger partial charge in [0, 0.05) is 17.6 Å². The number of piperidine rings is 1. The van der Waals surface area contributed by atoms with E-state index in [4.69, 9.17) is 0 Å². The number of benzene rings is 1. The molecule has 0 saturated carbocycles. The van der Waals surface area contributed by atoms with Crippen molar-refractivity contribution in [1.82, 2.24) is 10.6 Å². The van der Waals surface area contributed by atoms with Crippen molar-refractivity contribution in [2.24, 2.45) is 5.92 Å². The largest absolute Gasteiger partial charge is 0.347 e. The molecule has 0 bridgehead atoms. The van der Waals surface area contributed by atoms with Gasteiger partial charge in [0.2, 0.25) is 0 Å². The first-order chi connectivity index (χ1) is 8.58. The van der Waals surface area contributed by atoms with Crippen LogP contribution >= 0.6 is 0 Å². The van der Waals surface area contributed by atoms with Crippen LogP contribution in [-0.2, 0) is 0 Å². The zero-order valence-electron chi connectivity index (χ0n) is 11.4. The maximum Gasteiger partial charge on any atom is 0.251 e. The summed E-state index contributed by atoms with van der Waals surface area (Å²) in [6, 6.07) is 8.27. The quantitative estimate of drug-likeness (QED) is 0.839. The predicted octanol–water partition coefficient (Wildman–Crippen LogP) is 2.11. The van der Waals surface area contributed by atoms with E-state index in [0.717, 1.165) is 18.5 Å². The maximum atomic E-state index is 12.2. The second kappa shape index (κ2) is 5.53. The summed E-state index contributed by atoms with van der Waals surface area (Å²) in [6.45, 7) is 7.41. The van der Waals surface area contributed by atoms with Crippen molar-refractivity contribution in [3.05, 3.63) is 35.4 Å². The molecule has 0 spiro atoms. The first-order valence-electron chi connectivity index (χ1n) is 6.69. The van der Waals surface area contributed by atoms with Gasteiger partial charge >= 0.3 is 0 Å². The molecule has 0 radical (unpaired) electrons. The third-order valence-electron chi connectivity index (χ3n) is 3.83. The fourth-order valence-electron chi connectivity index (χ4n) is 2.54. The molecule has 1 aromatic carbocycles. The lowest BCUT2D eigenvalue weighted by atomic mass is 9.89. The van der Waals surface area contributed by atoms with Crippen LogP contribution in [0.2, 0.25) is 0 Å². The minimum atomic E-state index is 0.0300. The molecule has 1 aliphatic rings. The number of hydrogen-bond donors (Lipinski definition) is 2. The van der Waals surface area contributed by atoms with Crippen molar-refractivity contribution in [2.45, 2.75) is 39.3 Å². The second-order valence-electron chi connectivity index (χ2n) is 5.37. The maximum absolute atomic E-state index is 12.2. The van der Waals surface area contributed by atoms with E-state index in [1.165, 1.54) is 5.56 Å². The molecule has 3 heteroatoms. The third-order valence-corrected chi connectivity index (χ3v) is 3.83. The summed E-state index contributed by atoms with van der Waals surface area (Å²) in [5.41, 5.74) is 1.91. The van der Waals surface area contributed by atoms with Crippen LogP contribution in [-0.4, -0.2) is 24.5 Å². The van der Waals surface area contributed by atoms with Crippen molar-refractivity contribution >= 4 is 5.91 Å². The first-order valence-corrected chi connectivity index (χ1v) is 6.69. The third kappa shape index (κ3) is 2.91. The Bertz CT molecular complexity index is 403. The molecule has 2 rings (SSSR count). The molecule has 1 aromatic rings. The Morgan fingerprint density at radius 2 is 1.94 bits per heavy atom. The SMILES string of the molecule is Cc1ccc(C(=O)NC2C(C)CCNC2C)cc1. The Morgan fingerprint density at radius 3 is 2.56 bits per heavy atom. The lowest BCUT2D eigenvalue weighted by Crippen LogP contribution is -2.55. The van der Waals surface area contributed by atoms with Crippen LogP contribution in [0.4, 0.5) is 0 Å². The van der Waals surface area contributed by atoms with E-state index in [9.17, 15) is 4.79 Å². The number of carbonyl (C=O) groups is 1. The summed E-state index contributed by atoms with van der Waals surface area (Å²) in [5, 5.41) is 6.57. The van der Waals surface area contributed by atoms with Crippen LogP contribution in [0.1, 0.15) is 36.2 Å². The molecular weight excluding hydrogens is 224 g/mol. The highest BCUT2D eigenvalue weighted by Crippen LogP contribution is 2.16. The van der Waals surface area contributed by atoms with E-state index in [2.05, 4.69) is 24.5 Å². The summed E-state index contributed by atoms with van der Waals surface area (Å²) in [5.74, 6) is 0.554.